The number of anilines is 2. The molecule has 5 unspecified atom stereocenters. The minimum Gasteiger partial charge on any atom is -0.387 e. The number of fused-ring (bicyclic) bond motifs is 2. The van der Waals surface area contributed by atoms with Crippen molar-refractivity contribution in [1.82, 2.24) is 44.4 Å². The smallest absolute Gasteiger partial charge is 0.387 e. The normalized spacial score (nSPS) is 23.3. The van der Waals surface area contributed by atoms with Crippen LogP contribution in [0.1, 0.15) is 141 Å². The number of nitrogens with zero attached hydrogens (tertiary/aromatic N) is 6. The molecule has 11 N–H and O–H groups in total. The highest BCUT2D eigenvalue weighted by atomic mass is 32.1. The number of nitrogens with one attached hydrogen (secondary N) is 3. The van der Waals surface area contributed by atoms with Crippen LogP contribution in [0.4, 0.5) is 11.9 Å². The number of unbranched alkanes of at least 4 members (excludes halogenated alkanes) is 15. The van der Waals surface area contributed by atoms with Gasteiger partial charge in [-0.15, -0.1) is 0 Å². The van der Waals surface area contributed by atoms with Crippen LogP contribution in [0.3, 0.4) is 0 Å². The van der Waals surface area contributed by atoms with Crippen LogP contribution in [-0.4, -0.2) is 122 Å². The van der Waals surface area contributed by atoms with Crippen molar-refractivity contribution in [3.8, 4) is 0 Å². The molecule has 0 radical (unpaired) electrons. The first kappa shape index (κ1) is 56.0. The highest BCUT2D eigenvalue weighted by Gasteiger charge is 2.47. The molecule has 0 bridgehead atoms. The van der Waals surface area contributed by atoms with E-state index in [9.17, 15) is 33.9 Å². The summed E-state index contributed by atoms with van der Waals surface area (Å²) in [6.45, 7) is 1.34. The Bertz CT molecular complexity index is 2510. The quantitative estimate of drug-likeness (QED) is 0.0137. The van der Waals surface area contributed by atoms with Gasteiger partial charge in [0.05, 0.1) is 32.5 Å². The topological polar surface area (TPSA) is 345 Å². The second kappa shape index (κ2) is 27.1. The number of nitrogens with two attached hydrogens (primary N) is 2. The van der Waals surface area contributed by atoms with Gasteiger partial charge in [0.15, 0.2) is 17.5 Å². The standard InChI is InChI=1S/C42H69N11O13P2S2/c1-2-3-4-5-6-7-8-9-10-11-12-13-16-19-30(54)45-20-17-14-15-18-21-61-67(57,58)62-23-28-27(22-31(64-28)52-25-46-32-36(52)48-41(43)50-38(32)69)66-68(59,60)63-24-29-34(55)35(56)40(65-29)53-26-47-33-37(53)49-42(44)51-39(33)70/h25-29,31,34-35,40,55-56H,2-24H2,1H3,(H,45,54)(H,57,58)(H,59,60)(H3,43,48,50,69)(H3,44,49,51,70)/t27?,28-,29-,31-,34?,35?,40-/m1/s1. The third-order valence-electron chi connectivity index (χ3n) is 12.2. The Kier molecular flexibility index (Phi) is 21.7. The number of aromatic amines is 2. The summed E-state index contributed by atoms with van der Waals surface area (Å²) in [5.74, 6) is 0.0218. The van der Waals surface area contributed by atoms with E-state index in [4.69, 9.17) is 63.5 Å². The summed E-state index contributed by atoms with van der Waals surface area (Å²) in [7, 11) is -9.70. The lowest BCUT2D eigenvalue weighted by molar-refractivity contribution is -0.121. The van der Waals surface area contributed by atoms with Gasteiger partial charge in [0, 0.05) is 19.4 Å². The Morgan fingerprint density at radius 3 is 1.90 bits per heavy atom. The van der Waals surface area contributed by atoms with E-state index in [2.05, 4.69) is 42.1 Å². The molecule has 70 heavy (non-hydrogen) atoms. The first-order chi connectivity index (χ1) is 33.6. The number of imidazole rings is 2. The van der Waals surface area contributed by atoms with E-state index in [1.807, 2.05) is 0 Å². The molecule has 2 saturated heterocycles. The molecule has 1 amide bonds. The lowest BCUT2D eigenvalue weighted by Gasteiger charge is -2.23. The van der Waals surface area contributed by atoms with E-state index in [0.717, 1.165) is 32.1 Å². The largest absolute Gasteiger partial charge is 0.472 e. The van der Waals surface area contributed by atoms with Crippen LogP contribution in [0.25, 0.3) is 22.3 Å². The Balaban J connectivity index is 0.919. The van der Waals surface area contributed by atoms with Crippen molar-refractivity contribution < 1.29 is 61.5 Å². The zero-order valence-corrected chi connectivity index (χ0v) is 42.9. The van der Waals surface area contributed by atoms with Gasteiger partial charge in [-0.2, -0.15) is 9.97 Å². The number of hydrogen-bond acceptors (Lipinski definition) is 19. The summed E-state index contributed by atoms with van der Waals surface area (Å²) in [4.78, 5) is 56.1. The molecular weight excluding hydrogens is 993 g/mol. The fraction of sp³-hybridized carbons (Fsp3) is 0.738. The number of aromatic nitrogens is 8. The summed E-state index contributed by atoms with van der Waals surface area (Å²) in [6.07, 6.45) is 12.7. The number of carbonyl (C=O) groups excluding carboxylic acids is 1. The van der Waals surface area contributed by atoms with Gasteiger partial charge >= 0.3 is 15.6 Å². The second-order valence-corrected chi connectivity index (χ2v) is 21.4. The minimum atomic E-state index is -5.04. The van der Waals surface area contributed by atoms with E-state index >= 15 is 0 Å². The predicted octanol–water partition coefficient (Wildman–Crippen LogP) is 6.86. The van der Waals surface area contributed by atoms with E-state index in [1.54, 1.807) is 0 Å². The predicted molar refractivity (Wildman–Crippen MR) is 263 cm³/mol. The van der Waals surface area contributed by atoms with Crippen molar-refractivity contribution in [2.45, 2.75) is 172 Å². The maximum absolute atomic E-state index is 13.5. The molecule has 2 fully saturated rings. The van der Waals surface area contributed by atoms with Gasteiger partial charge in [0.2, 0.25) is 17.8 Å². The first-order valence-electron chi connectivity index (χ1n) is 24.2. The molecule has 2 aliphatic heterocycles. The zero-order valence-electron chi connectivity index (χ0n) is 39.5. The fourth-order valence-corrected chi connectivity index (χ4v) is 10.7. The third-order valence-corrected chi connectivity index (χ3v) is 14.8. The monoisotopic (exact) mass is 1060 g/mol. The van der Waals surface area contributed by atoms with Crippen LogP contribution in [0.5, 0.6) is 0 Å². The molecule has 392 valence electrons. The Labute approximate surface area is 416 Å². The van der Waals surface area contributed by atoms with Crippen LogP contribution in [-0.2, 0) is 41.5 Å². The Hall–Kier alpha value is -3.33. The highest BCUT2D eigenvalue weighted by molar-refractivity contribution is 7.71. The van der Waals surface area contributed by atoms with E-state index in [1.165, 1.54) is 86.0 Å². The molecule has 6 rings (SSSR count). The van der Waals surface area contributed by atoms with Crippen LogP contribution < -0.4 is 16.8 Å². The average molecular weight is 1060 g/mol. The van der Waals surface area contributed by atoms with Gasteiger partial charge in [-0.3, -0.25) is 32.0 Å². The van der Waals surface area contributed by atoms with Crippen molar-refractivity contribution in [3.63, 3.8) is 0 Å². The molecule has 28 heteroatoms. The number of aliphatic hydroxyl groups is 2. The molecule has 0 aliphatic carbocycles. The number of aliphatic hydroxyl groups excluding tert-OH is 2. The van der Waals surface area contributed by atoms with Gasteiger partial charge in [-0.25, -0.2) is 19.1 Å². The Morgan fingerprint density at radius 2 is 1.27 bits per heavy atom. The molecular formula is C42H69N11O13P2S2. The molecule has 0 spiro atoms. The molecule has 6 heterocycles. The van der Waals surface area contributed by atoms with Crippen molar-refractivity contribution in [2.24, 2.45) is 0 Å². The number of rotatable bonds is 32. The van der Waals surface area contributed by atoms with Crippen LogP contribution >= 0.6 is 40.1 Å². The number of phosphoric ester groups is 2. The summed E-state index contributed by atoms with van der Waals surface area (Å²) in [5, 5.41) is 24.7. The Morgan fingerprint density at radius 1 is 0.743 bits per heavy atom. The number of amides is 1. The van der Waals surface area contributed by atoms with Crippen molar-refractivity contribution in [3.05, 3.63) is 21.9 Å². The lowest BCUT2D eigenvalue weighted by Crippen LogP contribution is -2.34. The number of carbonyl (C=O) groups is 1. The SMILES string of the molecule is CCCCCCCCCCCCCCCC(=O)NCCCCCCOP(=O)(O)OC[C@H]1O[C@@H](n2cnc3c(=S)[nH]c(N)nc32)CC1OP(=O)(O)OC[C@H]1O[C@@H](n2cnc3c(=S)[nH]c(N)nc32)C(O)C1O. The molecule has 0 aromatic carbocycles. The van der Waals surface area contributed by atoms with Crippen LogP contribution in [0, 0.1) is 9.28 Å². The van der Waals surface area contributed by atoms with Crippen molar-refractivity contribution >= 4 is 80.2 Å². The molecule has 4 aromatic rings. The van der Waals surface area contributed by atoms with Gasteiger partial charge in [0.1, 0.15) is 57.1 Å². The highest BCUT2D eigenvalue weighted by Crippen LogP contribution is 2.51. The van der Waals surface area contributed by atoms with Crippen molar-refractivity contribution in [2.75, 3.05) is 37.8 Å². The summed E-state index contributed by atoms with van der Waals surface area (Å²) in [6, 6.07) is 0. The fourth-order valence-electron chi connectivity index (χ4n) is 8.47. The first-order valence-corrected chi connectivity index (χ1v) is 28.0. The maximum atomic E-state index is 13.5. The molecule has 9 atom stereocenters. The van der Waals surface area contributed by atoms with Gasteiger partial charge < -0.3 is 56.2 Å². The minimum absolute atomic E-state index is 0.00680. The van der Waals surface area contributed by atoms with Crippen LogP contribution in [0.15, 0.2) is 12.7 Å². The van der Waals surface area contributed by atoms with Crippen molar-refractivity contribution in [1.29, 1.82) is 0 Å². The number of hydrogen-bond donors (Lipinski definition) is 9. The molecule has 24 nitrogen and oxygen atoms in total. The average Bonchev–Trinajstić information content (AvgIpc) is 4.09. The lowest BCUT2D eigenvalue weighted by atomic mass is 10.0. The van der Waals surface area contributed by atoms with Gasteiger partial charge in [-0.1, -0.05) is 121 Å². The number of ether oxygens (including phenoxy) is 2. The molecule has 2 aliphatic rings. The van der Waals surface area contributed by atoms with Gasteiger partial charge in [0.25, 0.3) is 0 Å². The third kappa shape index (κ3) is 16.3. The molecule has 0 saturated carbocycles. The van der Waals surface area contributed by atoms with E-state index < -0.39 is 71.8 Å². The zero-order chi connectivity index (χ0) is 50.3. The van der Waals surface area contributed by atoms with Crippen LogP contribution in [0.2, 0.25) is 0 Å². The summed E-state index contributed by atoms with van der Waals surface area (Å²) >= 11 is 10.6. The maximum Gasteiger partial charge on any atom is 0.472 e. The van der Waals surface area contributed by atoms with Gasteiger partial charge in [-0.05, 0) is 19.3 Å². The second-order valence-electron chi connectivity index (χ2n) is 17.7. The van der Waals surface area contributed by atoms with E-state index in [-0.39, 0.29) is 56.9 Å². The number of nitrogen functional groups attached to an aromatic ring is 2. The molecule has 4 aromatic heterocycles. The summed E-state index contributed by atoms with van der Waals surface area (Å²) < 4.78 is 63.0. The summed E-state index contributed by atoms with van der Waals surface area (Å²) in [5.41, 5.74) is 12.6. The number of phosphoric acid groups is 2. The van der Waals surface area contributed by atoms with E-state index in [0.29, 0.717) is 31.3 Å². The number of H-pyrrole nitrogens is 2.